The number of hydrogen-bond acceptors (Lipinski definition) is 5. The van der Waals surface area contributed by atoms with Crippen LogP contribution in [0.2, 0.25) is 0 Å². The van der Waals surface area contributed by atoms with Gasteiger partial charge in [0.15, 0.2) is 17.6 Å². The van der Waals surface area contributed by atoms with E-state index in [1.165, 1.54) is 50.4 Å². The molecule has 0 unspecified atom stereocenters. The molecule has 30 heavy (non-hydrogen) atoms. The van der Waals surface area contributed by atoms with Gasteiger partial charge in [-0.3, -0.25) is 9.69 Å². The highest BCUT2D eigenvalue weighted by Gasteiger charge is 2.33. The molecular formula is C21H19FN2O6. The van der Waals surface area contributed by atoms with E-state index >= 15 is 0 Å². The molecule has 0 bridgehead atoms. The fourth-order valence-electron chi connectivity index (χ4n) is 2.77. The number of nitrogens with one attached hydrogen (secondary N) is 1. The standard InChI is InChI=1S/C21H19FN2O6/c1-12(20(26)27)30-17-8-5-14(10-18(17)29-2)9-16-19(25)24(21(28)23-16)11-13-3-6-15(22)7-4-13/h3-10,12H,11H2,1-2H3,(H,23,28)(H,26,27)/b16-9-/t12-/m1/s1. The Hall–Kier alpha value is -3.88. The lowest BCUT2D eigenvalue weighted by Crippen LogP contribution is -2.30. The fraction of sp³-hybridized carbons (Fsp3) is 0.190. The second-order valence-electron chi connectivity index (χ2n) is 6.51. The lowest BCUT2D eigenvalue weighted by molar-refractivity contribution is -0.144. The normalized spacial score (nSPS) is 15.8. The number of carbonyl (C=O) groups excluding carboxylic acids is 2. The first kappa shape index (κ1) is 20.8. The molecular weight excluding hydrogens is 395 g/mol. The van der Waals surface area contributed by atoms with Crippen molar-refractivity contribution in [3.05, 3.63) is 65.1 Å². The van der Waals surface area contributed by atoms with Crippen LogP contribution < -0.4 is 14.8 Å². The van der Waals surface area contributed by atoms with Gasteiger partial charge in [0, 0.05) is 0 Å². The minimum Gasteiger partial charge on any atom is -0.493 e. The van der Waals surface area contributed by atoms with Gasteiger partial charge in [-0.15, -0.1) is 0 Å². The minimum absolute atomic E-state index is 0.00542. The van der Waals surface area contributed by atoms with Crippen LogP contribution in [-0.4, -0.2) is 41.1 Å². The number of ether oxygens (including phenoxy) is 2. The van der Waals surface area contributed by atoms with Crippen molar-refractivity contribution in [2.24, 2.45) is 0 Å². The number of halogens is 1. The van der Waals surface area contributed by atoms with Crippen LogP contribution in [0.15, 0.2) is 48.2 Å². The van der Waals surface area contributed by atoms with Gasteiger partial charge in [0.2, 0.25) is 0 Å². The molecule has 3 rings (SSSR count). The summed E-state index contributed by atoms with van der Waals surface area (Å²) in [5.41, 5.74) is 1.21. The molecule has 1 aliphatic rings. The summed E-state index contributed by atoms with van der Waals surface area (Å²) in [6, 6.07) is 9.59. The molecule has 0 aliphatic carbocycles. The molecule has 1 atom stereocenters. The van der Waals surface area contributed by atoms with Crippen LogP contribution >= 0.6 is 0 Å². The third-order valence-corrected chi connectivity index (χ3v) is 4.37. The summed E-state index contributed by atoms with van der Waals surface area (Å²) >= 11 is 0. The third kappa shape index (κ3) is 4.57. The molecule has 0 saturated carbocycles. The third-order valence-electron chi connectivity index (χ3n) is 4.37. The summed E-state index contributed by atoms with van der Waals surface area (Å²) in [5.74, 6) is -1.55. The van der Waals surface area contributed by atoms with Gasteiger partial charge in [-0.1, -0.05) is 18.2 Å². The molecule has 2 N–H and O–H groups in total. The molecule has 1 fully saturated rings. The van der Waals surface area contributed by atoms with E-state index in [0.29, 0.717) is 11.1 Å². The zero-order chi connectivity index (χ0) is 21.8. The number of nitrogens with zero attached hydrogens (tertiary/aromatic N) is 1. The van der Waals surface area contributed by atoms with Crippen molar-refractivity contribution in [3.63, 3.8) is 0 Å². The Morgan fingerprint density at radius 1 is 1.20 bits per heavy atom. The Labute approximate surface area is 171 Å². The zero-order valence-corrected chi connectivity index (χ0v) is 16.2. The molecule has 0 aromatic heterocycles. The number of urea groups is 1. The summed E-state index contributed by atoms with van der Waals surface area (Å²) < 4.78 is 23.6. The lowest BCUT2D eigenvalue weighted by atomic mass is 10.1. The van der Waals surface area contributed by atoms with E-state index in [0.717, 1.165) is 4.90 Å². The first-order valence-corrected chi connectivity index (χ1v) is 8.95. The van der Waals surface area contributed by atoms with Gasteiger partial charge in [-0.2, -0.15) is 0 Å². The van der Waals surface area contributed by atoms with Gasteiger partial charge < -0.3 is 19.9 Å². The van der Waals surface area contributed by atoms with E-state index < -0.39 is 29.8 Å². The van der Waals surface area contributed by atoms with Crippen LogP contribution in [0.25, 0.3) is 6.08 Å². The first-order valence-electron chi connectivity index (χ1n) is 8.95. The molecule has 2 aromatic carbocycles. The molecule has 9 heteroatoms. The number of carbonyl (C=O) groups is 3. The summed E-state index contributed by atoms with van der Waals surface area (Å²) in [4.78, 5) is 36.8. The monoisotopic (exact) mass is 414 g/mol. The number of carboxylic acid groups (broad SMARTS) is 1. The van der Waals surface area contributed by atoms with Crippen molar-refractivity contribution in [1.29, 1.82) is 0 Å². The lowest BCUT2D eigenvalue weighted by Gasteiger charge is -2.14. The van der Waals surface area contributed by atoms with Crippen LogP contribution in [0.4, 0.5) is 9.18 Å². The van der Waals surface area contributed by atoms with E-state index in [1.54, 1.807) is 12.1 Å². The SMILES string of the molecule is COc1cc(/C=C2\NC(=O)N(Cc3ccc(F)cc3)C2=O)ccc1O[C@H](C)C(=O)O. The predicted molar refractivity (Wildman–Crippen MR) is 104 cm³/mol. The largest absolute Gasteiger partial charge is 0.493 e. The maximum Gasteiger partial charge on any atom is 0.344 e. The molecule has 1 aliphatic heterocycles. The molecule has 156 valence electrons. The van der Waals surface area contributed by atoms with Crippen molar-refractivity contribution < 1.29 is 33.4 Å². The van der Waals surface area contributed by atoms with Gasteiger partial charge in [-0.25, -0.2) is 14.0 Å². The number of methoxy groups -OCH3 is 1. The topological polar surface area (TPSA) is 105 Å². The Morgan fingerprint density at radius 2 is 1.90 bits per heavy atom. The molecule has 1 heterocycles. The minimum atomic E-state index is -1.12. The molecule has 3 amide bonds. The molecule has 8 nitrogen and oxygen atoms in total. The van der Waals surface area contributed by atoms with E-state index in [1.807, 2.05) is 0 Å². The van der Waals surface area contributed by atoms with Gasteiger partial charge in [0.1, 0.15) is 11.5 Å². The summed E-state index contributed by atoms with van der Waals surface area (Å²) in [7, 11) is 1.40. The van der Waals surface area contributed by atoms with Gasteiger partial charge in [0.05, 0.1) is 13.7 Å². The second-order valence-corrected chi connectivity index (χ2v) is 6.51. The average Bonchev–Trinajstić information content (AvgIpc) is 2.97. The highest BCUT2D eigenvalue weighted by Crippen LogP contribution is 2.30. The van der Waals surface area contributed by atoms with Crippen molar-refractivity contribution in [1.82, 2.24) is 10.2 Å². The summed E-state index contributed by atoms with van der Waals surface area (Å²) in [6.45, 7) is 1.39. The number of aliphatic carboxylic acids is 1. The van der Waals surface area contributed by atoms with Crippen LogP contribution in [-0.2, 0) is 16.1 Å². The maximum atomic E-state index is 13.0. The highest BCUT2D eigenvalue weighted by atomic mass is 19.1. The summed E-state index contributed by atoms with van der Waals surface area (Å²) in [6.07, 6.45) is 0.400. The van der Waals surface area contributed by atoms with Crippen LogP contribution in [0, 0.1) is 5.82 Å². The second kappa shape index (κ2) is 8.64. The fourth-order valence-corrected chi connectivity index (χ4v) is 2.77. The van der Waals surface area contributed by atoms with Crippen LogP contribution in [0.1, 0.15) is 18.1 Å². The van der Waals surface area contributed by atoms with Crippen molar-refractivity contribution >= 4 is 24.0 Å². The van der Waals surface area contributed by atoms with Gasteiger partial charge >= 0.3 is 12.0 Å². The zero-order valence-electron chi connectivity index (χ0n) is 16.2. The van der Waals surface area contributed by atoms with Crippen molar-refractivity contribution in [2.75, 3.05) is 7.11 Å². The molecule has 0 radical (unpaired) electrons. The van der Waals surface area contributed by atoms with E-state index in [-0.39, 0.29) is 23.7 Å². The van der Waals surface area contributed by atoms with Crippen molar-refractivity contribution in [2.45, 2.75) is 19.6 Å². The Morgan fingerprint density at radius 3 is 2.53 bits per heavy atom. The van der Waals surface area contributed by atoms with E-state index in [2.05, 4.69) is 5.32 Å². The smallest absolute Gasteiger partial charge is 0.344 e. The van der Waals surface area contributed by atoms with Gasteiger partial charge in [0.25, 0.3) is 5.91 Å². The number of amides is 3. The average molecular weight is 414 g/mol. The number of rotatable bonds is 7. The first-order chi connectivity index (χ1) is 14.3. The highest BCUT2D eigenvalue weighted by molar-refractivity contribution is 6.13. The summed E-state index contributed by atoms with van der Waals surface area (Å²) in [5, 5.41) is 11.5. The van der Waals surface area contributed by atoms with Crippen LogP contribution in [0.3, 0.4) is 0 Å². The predicted octanol–water partition coefficient (Wildman–Crippen LogP) is 2.78. The quantitative estimate of drug-likeness (QED) is 0.533. The Bertz CT molecular complexity index is 1020. The van der Waals surface area contributed by atoms with Crippen LogP contribution in [0.5, 0.6) is 11.5 Å². The molecule has 0 spiro atoms. The number of imide groups is 1. The Balaban J connectivity index is 1.79. The van der Waals surface area contributed by atoms with E-state index in [9.17, 15) is 18.8 Å². The number of carboxylic acids is 1. The van der Waals surface area contributed by atoms with Gasteiger partial charge in [-0.05, 0) is 48.4 Å². The Kier molecular flexibility index (Phi) is 6.01. The number of hydrogen-bond donors (Lipinski definition) is 2. The van der Waals surface area contributed by atoms with E-state index in [4.69, 9.17) is 14.6 Å². The molecule has 1 saturated heterocycles. The van der Waals surface area contributed by atoms with Crippen molar-refractivity contribution in [3.8, 4) is 11.5 Å². The maximum absolute atomic E-state index is 13.0. The number of benzene rings is 2. The molecule has 2 aromatic rings.